The Kier molecular flexibility index (Phi) is 11.8. The van der Waals surface area contributed by atoms with E-state index in [1.165, 1.54) is 11.8 Å². The van der Waals surface area contributed by atoms with E-state index in [-0.39, 0.29) is 67.9 Å². The molecule has 0 bridgehead atoms. The minimum Gasteiger partial charge on any atom is -0.493 e. The number of amides is 2. The molecule has 2 aromatic carbocycles. The predicted molar refractivity (Wildman–Crippen MR) is 154 cm³/mol. The highest BCUT2D eigenvalue weighted by Gasteiger charge is 2.43. The van der Waals surface area contributed by atoms with Gasteiger partial charge in [-0.1, -0.05) is 41.9 Å². The molecule has 0 unspecified atom stereocenters. The van der Waals surface area contributed by atoms with Crippen LogP contribution in [0.3, 0.4) is 0 Å². The molecule has 1 aliphatic rings. The number of nitrogens with zero attached hydrogens (tertiary/aromatic N) is 1. The first-order valence-electron chi connectivity index (χ1n) is 13.8. The van der Waals surface area contributed by atoms with Crippen molar-refractivity contribution in [1.82, 2.24) is 10.2 Å². The lowest BCUT2D eigenvalue weighted by Gasteiger charge is -2.38. The molecule has 1 aliphatic heterocycles. The van der Waals surface area contributed by atoms with Gasteiger partial charge in [0.1, 0.15) is 16.9 Å². The summed E-state index contributed by atoms with van der Waals surface area (Å²) in [6.07, 6.45) is 0.273. The highest BCUT2D eigenvalue weighted by molar-refractivity contribution is 6.33. The zero-order valence-corrected chi connectivity index (χ0v) is 24.8. The SMILES string of the molecule is CCOc1cc([C@@H](C)N(CCOCc2ccccc2)C(=O)NC2(C(=O)O)CCOCC2)c(Cl)c(OCC)c1C(C)=O. The summed E-state index contributed by atoms with van der Waals surface area (Å²) in [6.45, 7) is 8.39. The second-order valence-electron chi connectivity index (χ2n) is 9.74. The number of benzene rings is 2. The van der Waals surface area contributed by atoms with Gasteiger partial charge in [-0.2, -0.15) is 0 Å². The highest BCUT2D eigenvalue weighted by atomic mass is 35.5. The quantitative estimate of drug-likeness (QED) is 0.225. The van der Waals surface area contributed by atoms with Gasteiger partial charge in [0.25, 0.3) is 0 Å². The largest absolute Gasteiger partial charge is 0.493 e. The maximum absolute atomic E-state index is 13.8. The van der Waals surface area contributed by atoms with Gasteiger partial charge in [-0.15, -0.1) is 0 Å². The molecular formula is C30H39ClN2O8. The molecule has 3 rings (SSSR count). The van der Waals surface area contributed by atoms with Crippen LogP contribution in [0.2, 0.25) is 5.02 Å². The second kappa shape index (κ2) is 15.0. The minimum atomic E-state index is -1.46. The summed E-state index contributed by atoms with van der Waals surface area (Å²) in [5.74, 6) is -0.920. The number of hydrogen-bond acceptors (Lipinski definition) is 7. The van der Waals surface area contributed by atoms with Gasteiger partial charge < -0.3 is 34.3 Å². The fraction of sp³-hybridized carbons (Fsp3) is 0.500. The molecule has 11 heteroatoms. The Morgan fingerprint density at radius 3 is 2.37 bits per heavy atom. The molecule has 1 fully saturated rings. The molecule has 41 heavy (non-hydrogen) atoms. The third-order valence-corrected chi connectivity index (χ3v) is 7.41. The molecule has 0 spiro atoms. The van der Waals surface area contributed by atoms with Gasteiger partial charge in [-0.05, 0) is 39.3 Å². The molecule has 0 saturated carbocycles. The Hall–Kier alpha value is -3.34. The van der Waals surface area contributed by atoms with Crippen LogP contribution in [0.4, 0.5) is 4.79 Å². The molecule has 1 heterocycles. The van der Waals surface area contributed by atoms with Crippen molar-refractivity contribution in [2.24, 2.45) is 0 Å². The van der Waals surface area contributed by atoms with Gasteiger partial charge in [0, 0.05) is 38.2 Å². The van der Waals surface area contributed by atoms with E-state index < -0.39 is 23.6 Å². The molecule has 1 atom stereocenters. The van der Waals surface area contributed by atoms with Gasteiger partial charge in [-0.25, -0.2) is 9.59 Å². The van der Waals surface area contributed by atoms with Crippen LogP contribution < -0.4 is 14.8 Å². The third kappa shape index (κ3) is 7.90. The maximum Gasteiger partial charge on any atom is 0.329 e. The van der Waals surface area contributed by atoms with Crippen molar-refractivity contribution in [2.45, 2.75) is 58.7 Å². The van der Waals surface area contributed by atoms with Crippen molar-refractivity contribution in [1.29, 1.82) is 0 Å². The number of carboxylic acid groups (broad SMARTS) is 1. The van der Waals surface area contributed by atoms with Crippen molar-refractivity contribution < 1.29 is 38.4 Å². The average molecular weight is 591 g/mol. The zero-order valence-electron chi connectivity index (χ0n) is 24.0. The van der Waals surface area contributed by atoms with E-state index in [2.05, 4.69) is 5.32 Å². The Morgan fingerprint density at radius 2 is 1.78 bits per heavy atom. The van der Waals surface area contributed by atoms with E-state index >= 15 is 0 Å². The number of hydrogen-bond donors (Lipinski definition) is 2. The molecule has 1 saturated heterocycles. The van der Waals surface area contributed by atoms with Crippen LogP contribution in [0.1, 0.15) is 68.1 Å². The standard InChI is InChI=1S/C30H39ClN2O8/c1-5-40-24-18-23(26(31)27(41-6-2)25(24)21(4)34)20(3)33(14-17-39-19-22-10-8-7-9-11-22)29(37)32-30(28(35)36)12-15-38-16-13-30/h7-11,18,20H,5-6,12-17,19H2,1-4H3,(H,32,37)(H,35,36)/t20-/m1/s1. The van der Waals surface area contributed by atoms with Crippen LogP contribution >= 0.6 is 11.6 Å². The molecular weight excluding hydrogens is 552 g/mol. The fourth-order valence-corrected chi connectivity index (χ4v) is 5.13. The maximum atomic E-state index is 13.8. The van der Waals surface area contributed by atoms with Gasteiger partial charge in [0.2, 0.25) is 0 Å². The number of nitrogens with one attached hydrogen (secondary N) is 1. The molecule has 2 N–H and O–H groups in total. The summed E-state index contributed by atoms with van der Waals surface area (Å²) < 4.78 is 22.8. The van der Waals surface area contributed by atoms with E-state index in [0.29, 0.717) is 24.5 Å². The summed E-state index contributed by atoms with van der Waals surface area (Å²) in [6, 6.07) is 10.0. The number of rotatable bonds is 14. The van der Waals surface area contributed by atoms with Crippen LogP contribution in [-0.2, 0) is 20.9 Å². The lowest BCUT2D eigenvalue weighted by Crippen LogP contribution is -2.60. The molecule has 2 aromatic rings. The number of carbonyl (C=O) groups excluding carboxylic acids is 2. The third-order valence-electron chi connectivity index (χ3n) is 7.02. The second-order valence-corrected chi connectivity index (χ2v) is 10.1. The van der Waals surface area contributed by atoms with Crippen LogP contribution in [0.15, 0.2) is 36.4 Å². The molecule has 0 radical (unpaired) electrons. The fourth-order valence-electron chi connectivity index (χ4n) is 4.77. The van der Waals surface area contributed by atoms with Crippen molar-refractivity contribution in [2.75, 3.05) is 39.6 Å². The molecule has 224 valence electrons. The van der Waals surface area contributed by atoms with Crippen LogP contribution in [-0.4, -0.2) is 72.9 Å². The summed E-state index contributed by atoms with van der Waals surface area (Å²) in [5, 5.41) is 13.0. The number of aliphatic carboxylic acids is 1. The monoisotopic (exact) mass is 590 g/mol. The topological polar surface area (TPSA) is 124 Å². The van der Waals surface area contributed by atoms with E-state index in [4.69, 9.17) is 30.5 Å². The first-order chi connectivity index (χ1) is 19.6. The molecule has 0 aromatic heterocycles. The Bertz CT molecular complexity index is 1200. The van der Waals surface area contributed by atoms with Crippen molar-refractivity contribution in [3.63, 3.8) is 0 Å². The number of carbonyl (C=O) groups is 3. The summed E-state index contributed by atoms with van der Waals surface area (Å²) in [7, 11) is 0. The first kappa shape index (κ1) is 32.2. The number of carboxylic acids is 1. The summed E-state index contributed by atoms with van der Waals surface area (Å²) in [4.78, 5) is 40.1. The van der Waals surface area contributed by atoms with Crippen molar-refractivity contribution in [3.05, 3.63) is 58.1 Å². The van der Waals surface area contributed by atoms with Crippen molar-refractivity contribution in [3.8, 4) is 11.5 Å². The first-order valence-corrected chi connectivity index (χ1v) is 14.2. The Morgan fingerprint density at radius 1 is 1.12 bits per heavy atom. The zero-order chi connectivity index (χ0) is 30.0. The number of ether oxygens (including phenoxy) is 4. The predicted octanol–water partition coefficient (Wildman–Crippen LogP) is 5.26. The molecule has 10 nitrogen and oxygen atoms in total. The van der Waals surface area contributed by atoms with Crippen molar-refractivity contribution >= 4 is 29.4 Å². The van der Waals surface area contributed by atoms with Crippen LogP contribution in [0, 0.1) is 0 Å². The van der Waals surface area contributed by atoms with Gasteiger partial charge in [0.15, 0.2) is 11.5 Å². The summed E-state index contributed by atoms with van der Waals surface area (Å²) in [5.41, 5.74) is 0.226. The van der Waals surface area contributed by atoms with Crippen LogP contribution in [0.5, 0.6) is 11.5 Å². The molecule has 0 aliphatic carbocycles. The highest BCUT2D eigenvalue weighted by Crippen LogP contribution is 2.43. The van der Waals surface area contributed by atoms with E-state index in [9.17, 15) is 19.5 Å². The number of Topliss-reactive ketones (excluding diaryl/α,β-unsaturated/α-hetero) is 1. The smallest absolute Gasteiger partial charge is 0.329 e. The lowest BCUT2D eigenvalue weighted by molar-refractivity contribution is -0.148. The summed E-state index contributed by atoms with van der Waals surface area (Å²) >= 11 is 6.83. The normalized spacial score (nSPS) is 15.0. The molecule has 2 amide bonds. The Labute approximate surface area is 245 Å². The van der Waals surface area contributed by atoms with E-state index in [1.807, 2.05) is 30.3 Å². The number of urea groups is 1. The van der Waals surface area contributed by atoms with Gasteiger partial charge >= 0.3 is 12.0 Å². The number of ketones is 1. The van der Waals surface area contributed by atoms with Gasteiger partial charge in [-0.3, -0.25) is 4.79 Å². The minimum absolute atomic E-state index is 0.130. The number of halogens is 1. The Balaban J connectivity index is 1.97. The van der Waals surface area contributed by atoms with Gasteiger partial charge in [0.05, 0.1) is 37.5 Å². The van der Waals surface area contributed by atoms with Crippen LogP contribution in [0.25, 0.3) is 0 Å². The van der Waals surface area contributed by atoms with E-state index in [1.54, 1.807) is 26.8 Å². The van der Waals surface area contributed by atoms with E-state index in [0.717, 1.165) is 5.56 Å². The lowest BCUT2D eigenvalue weighted by atomic mass is 9.90. The average Bonchev–Trinajstić information content (AvgIpc) is 2.95.